The Balaban J connectivity index is 1.69. The van der Waals surface area contributed by atoms with Gasteiger partial charge in [-0.05, 0) is 42.6 Å². The van der Waals surface area contributed by atoms with Crippen molar-refractivity contribution < 1.29 is 18.7 Å². The number of carbonyl (C=O) groups excluding carboxylic acids is 1. The number of benzene rings is 2. The van der Waals surface area contributed by atoms with Crippen molar-refractivity contribution in [3.05, 3.63) is 60.7 Å². The lowest BCUT2D eigenvalue weighted by Gasteiger charge is -2.44. The van der Waals surface area contributed by atoms with E-state index in [0.717, 1.165) is 6.42 Å². The third kappa shape index (κ3) is 4.88. The summed E-state index contributed by atoms with van der Waals surface area (Å²) in [7, 11) is -2.69. The van der Waals surface area contributed by atoms with Crippen molar-refractivity contribution >= 4 is 24.8 Å². The van der Waals surface area contributed by atoms with Crippen LogP contribution in [0.3, 0.4) is 0 Å². The van der Waals surface area contributed by atoms with Crippen LogP contribution in [0.2, 0.25) is 5.04 Å². The SMILES string of the molecule is CC(C)(C)OC(=O)N1CC[C@@H]2O[C@@H]2[C@H]1CO[Si](c1ccccc1)(c1ccccc1)C(C)(C)C. The highest BCUT2D eigenvalue weighted by Gasteiger charge is 2.55. The Morgan fingerprint density at radius 2 is 1.52 bits per heavy atom. The van der Waals surface area contributed by atoms with E-state index in [9.17, 15) is 4.79 Å². The summed E-state index contributed by atoms with van der Waals surface area (Å²) < 4.78 is 18.8. The number of hydrogen-bond acceptors (Lipinski definition) is 4. The molecule has 2 aromatic rings. The molecule has 0 unspecified atom stereocenters. The molecule has 0 bridgehead atoms. The van der Waals surface area contributed by atoms with Gasteiger partial charge in [-0.25, -0.2) is 4.79 Å². The van der Waals surface area contributed by atoms with Crippen molar-refractivity contribution in [1.82, 2.24) is 4.90 Å². The van der Waals surface area contributed by atoms with E-state index in [-0.39, 0.29) is 29.4 Å². The van der Waals surface area contributed by atoms with Crippen LogP contribution >= 0.6 is 0 Å². The molecule has 2 aromatic carbocycles. The monoisotopic (exact) mass is 467 g/mol. The highest BCUT2D eigenvalue weighted by Crippen LogP contribution is 2.40. The Labute approximate surface area is 199 Å². The molecule has 2 aliphatic rings. The zero-order valence-corrected chi connectivity index (χ0v) is 21.7. The van der Waals surface area contributed by atoms with E-state index >= 15 is 0 Å². The van der Waals surface area contributed by atoms with Crippen molar-refractivity contribution in [2.24, 2.45) is 0 Å². The molecular weight excluding hydrogens is 430 g/mol. The van der Waals surface area contributed by atoms with Gasteiger partial charge in [0.25, 0.3) is 8.32 Å². The average molecular weight is 468 g/mol. The van der Waals surface area contributed by atoms with E-state index in [1.54, 1.807) is 0 Å². The average Bonchev–Trinajstić information content (AvgIpc) is 3.53. The Hall–Kier alpha value is -2.15. The molecule has 33 heavy (non-hydrogen) atoms. The quantitative estimate of drug-likeness (QED) is 0.485. The number of piperidine rings is 1. The maximum Gasteiger partial charge on any atom is 0.410 e. The molecule has 178 valence electrons. The summed E-state index contributed by atoms with van der Waals surface area (Å²) in [6.07, 6.45) is 0.799. The lowest BCUT2D eigenvalue weighted by molar-refractivity contribution is 0.00496. The van der Waals surface area contributed by atoms with Gasteiger partial charge in [0.1, 0.15) is 11.7 Å². The highest BCUT2D eigenvalue weighted by atomic mass is 28.4. The van der Waals surface area contributed by atoms with E-state index in [2.05, 4.69) is 69.3 Å². The maximum atomic E-state index is 13.1. The Morgan fingerprint density at radius 1 is 0.970 bits per heavy atom. The molecule has 4 rings (SSSR count). The highest BCUT2D eigenvalue weighted by molar-refractivity contribution is 6.99. The summed E-state index contributed by atoms with van der Waals surface area (Å²) in [5.74, 6) is 0. The molecule has 2 aliphatic heterocycles. The molecule has 2 fully saturated rings. The van der Waals surface area contributed by atoms with Crippen LogP contribution < -0.4 is 10.4 Å². The maximum absolute atomic E-state index is 13.1. The van der Waals surface area contributed by atoms with Crippen LogP contribution in [0.15, 0.2) is 60.7 Å². The number of carbonyl (C=O) groups is 1. The number of nitrogens with zero attached hydrogens (tertiary/aromatic N) is 1. The first-order valence-electron chi connectivity index (χ1n) is 11.9. The van der Waals surface area contributed by atoms with E-state index in [1.807, 2.05) is 37.8 Å². The summed E-state index contributed by atoms with van der Waals surface area (Å²) in [6, 6.07) is 21.0. The summed E-state index contributed by atoms with van der Waals surface area (Å²) >= 11 is 0. The molecule has 0 N–H and O–H groups in total. The van der Waals surface area contributed by atoms with Crippen molar-refractivity contribution in [2.75, 3.05) is 13.2 Å². The van der Waals surface area contributed by atoms with Crippen LogP contribution in [0.25, 0.3) is 0 Å². The summed E-state index contributed by atoms with van der Waals surface area (Å²) in [6.45, 7) is 13.6. The molecule has 3 atom stereocenters. The fourth-order valence-electron chi connectivity index (χ4n) is 5.04. The minimum atomic E-state index is -2.69. The van der Waals surface area contributed by atoms with Crippen LogP contribution in [0, 0.1) is 0 Å². The van der Waals surface area contributed by atoms with Crippen LogP contribution in [0.1, 0.15) is 48.0 Å². The zero-order chi connectivity index (χ0) is 23.9. The van der Waals surface area contributed by atoms with Crippen LogP contribution in [-0.2, 0) is 13.9 Å². The van der Waals surface area contributed by atoms with Gasteiger partial charge in [-0.1, -0.05) is 81.4 Å². The molecule has 0 aromatic heterocycles. The number of fused-ring (bicyclic) bond motifs is 1. The van der Waals surface area contributed by atoms with Crippen LogP contribution in [-0.4, -0.2) is 56.3 Å². The van der Waals surface area contributed by atoms with Gasteiger partial charge in [0.15, 0.2) is 0 Å². The second-order valence-electron chi connectivity index (χ2n) is 11.1. The zero-order valence-electron chi connectivity index (χ0n) is 20.7. The Kier molecular flexibility index (Phi) is 6.46. The third-order valence-corrected chi connectivity index (χ3v) is 11.6. The van der Waals surface area contributed by atoms with Gasteiger partial charge in [0.05, 0.1) is 18.8 Å². The number of likely N-dealkylation sites (tertiary alicyclic amines) is 1. The first-order chi connectivity index (χ1) is 15.5. The van der Waals surface area contributed by atoms with E-state index in [0.29, 0.717) is 13.2 Å². The molecule has 2 saturated heterocycles. The predicted octanol–water partition coefficient (Wildman–Crippen LogP) is 4.34. The molecule has 1 amide bonds. The fraction of sp³-hybridized carbons (Fsp3) is 0.519. The van der Waals surface area contributed by atoms with Gasteiger partial charge in [-0.3, -0.25) is 0 Å². The van der Waals surface area contributed by atoms with E-state index in [4.69, 9.17) is 13.9 Å². The first kappa shape index (κ1) is 24.0. The molecule has 2 heterocycles. The van der Waals surface area contributed by atoms with Crippen molar-refractivity contribution in [3.8, 4) is 0 Å². The standard InChI is InChI=1S/C27H37NO4Si/c1-26(2,3)32-25(29)28-18-17-23-24(31-23)22(28)19-30-33(27(4,5)6,20-13-9-7-10-14-20)21-15-11-8-12-16-21/h7-16,22-24H,17-19H2,1-6H3/t22-,23+,24-/m1/s1. The van der Waals surface area contributed by atoms with Gasteiger partial charge in [0.2, 0.25) is 0 Å². The van der Waals surface area contributed by atoms with Gasteiger partial charge in [-0.15, -0.1) is 0 Å². The predicted molar refractivity (Wildman–Crippen MR) is 134 cm³/mol. The summed E-state index contributed by atoms with van der Waals surface area (Å²) in [4.78, 5) is 14.9. The second kappa shape index (κ2) is 8.89. The number of epoxide rings is 1. The van der Waals surface area contributed by atoms with Crippen LogP contribution in [0.4, 0.5) is 4.79 Å². The lowest BCUT2D eigenvalue weighted by Crippen LogP contribution is -2.68. The molecule has 0 saturated carbocycles. The topological polar surface area (TPSA) is 51.3 Å². The molecule has 5 nitrogen and oxygen atoms in total. The molecule has 0 aliphatic carbocycles. The lowest BCUT2D eigenvalue weighted by atomic mass is 10.0. The number of hydrogen-bond donors (Lipinski definition) is 0. The second-order valence-corrected chi connectivity index (χ2v) is 15.4. The summed E-state index contributed by atoms with van der Waals surface area (Å²) in [5, 5.41) is 2.35. The fourth-order valence-corrected chi connectivity index (χ4v) is 9.62. The van der Waals surface area contributed by atoms with Gasteiger partial charge < -0.3 is 18.8 Å². The minimum Gasteiger partial charge on any atom is -0.444 e. The van der Waals surface area contributed by atoms with Gasteiger partial charge in [-0.2, -0.15) is 0 Å². The molecule has 0 spiro atoms. The number of ether oxygens (including phenoxy) is 2. The van der Waals surface area contributed by atoms with E-state index in [1.165, 1.54) is 10.4 Å². The largest absolute Gasteiger partial charge is 0.444 e. The number of rotatable bonds is 5. The Bertz CT molecular complexity index is 912. The molecule has 0 radical (unpaired) electrons. The molecular formula is C27H37NO4Si. The number of amides is 1. The van der Waals surface area contributed by atoms with Gasteiger partial charge in [0, 0.05) is 6.54 Å². The Morgan fingerprint density at radius 3 is 2.00 bits per heavy atom. The van der Waals surface area contributed by atoms with Crippen LogP contribution in [0.5, 0.6) is 0 Å². The third-order valence-electron chi connectivity index (χ3n) is 6.57. The van der Waals surface area contributed by atoms with Crippen molar-refractivity contribution in [3.63, 3.8) is 0 Å². The molecule has 6 heteroatoms. The summed E-state index contributed by atoms with van der Waals surface area (Å²) in [5.41, 5.74) is -0.540. The normalized spacial score (nSPS) is 23.1. The van der Waals surface area contributed by atoms with Crippen molar-refractivity contribution in [2.45, 2.75) is 76.9 Å². The van der Waals surface area contributed by atoms with Crippen molar-refractivity contribution in [1.29, 1.82) is 0 Å². The minimum absolute atomic E-state index is 0.0180. The smallest absolute Gasteiger partial charge is 0.410 e. The van der Waals surface area contributed by atoms with E-state index < -0.39 is 13.9 Å². The first-order valence-corrected chi connectivity index (χ1v) is 13.8. The van der Waals surface area contributed by atoms with Gasteiger partial charge >= 0.3 is 6.09 Å².